The summed E-state index contributed by atoms with van der Waals surface area (Å²) in [6.07, 6.45) is -0.434. The summed E-state index contributed by atoms with van der Waals surface area (Å²) in [4.78, 5) is 42.1. The molecule has 2 heterocycles. The molecule has 0 unspecified atom stereocenters. The van der Waals surface area contributed by atoms with Gasteiger partial charge in [-0.2, -0.15) is 0 Å². The van der Waals surface area contributed by atoms with Gasteiger partial charge in [-0.1, -0.05) is 6.92 Å². The Labute approximate surface area is 233 Å². The molecule has 0 saturated carbocycles. The van der Waals surface area contributed by atoms with E-state index in [2.05, 4.69) is 16.0 Å². The molecule has 4 rings (SSSR count). The van der Waals surface area contributed by atoms with Crippen LogP contribution in [0.4, 0.5) is 21.0 Å². The van der Waals surface area contributed by atoms with E-state index in [0.717, 1.165) is 0 Å². The number of nitrogens with zero attached hydrogens (tertiary/aromatic N) is 2. The molecule has 3 atom stereocenters. The summed E-state index contributed by atoms with van der Waals surface area (Å²) in [7, 11) is 1.69. The van der Waals surface area contributed by atoms with Crippen molar-refractivity contribution in [3.8, 4) is 17.2 Å². The molecule has 4 N–H and O–H groups in total. The molecule has 2 aromatic carbocycles. The van der Waals surface area contributed by atoms with E-state index in [4.69, 9.17) is 14.2 Å². The van der Waals surface area contributed by atoms with E-state index >= 15 is 0 Å². The fraction of sp³-hybridized carbons (Fsp3) is 0.464. The fourth-order valence-corrected chi connectivity index (χ4v) is 4.50. The van der Waals surface area contributed by atoms with E-state index in [1.165, 1.54) is 0 Å². The molecular formula is C28H37N5O7. The summed E-state index contributed by atoms with van der Waals surface area (Å²) in [5.41, 5.74) is 1.13. The maximum atomic E-state index is 13.6. The lowest BCUT2D eigenvalue weighted by molar-refractivity contribution is 0.0366. The molecule has 2 aromatic rings. The lowest BCUT2D eigenvalue weighted by Crippen LogP contribution is -2.51. The van der Waals surface area contributed by atoms with Crippen LogP contribution in [-0.2, 0) is 0 Å². The number of hydrogen-bond donors (Lipinski definition) is 4. The first-order valence-electron chi connectivity index (χ1n) is 13.3. The second-order valence-corrected chi connectivity index (χ2v) is 10.5. The number of carbonyl (C=O) groups is 3. The number of rotatable bonds is 7. The summed E-state index contributed by atoms with van der Waals surface area (Å²) in [5, 5.41) is 18.2. The summed E-state index contributed by atoms with van der Waals surface area (Å²) in [5.74, 6) is 0.998. The second kappa shape index (κ2) is 12.3. The van der Waals surface area contributed by atoms with Crippen molar-refractivity contribution in [3.05, 3.63) is 42.0 Å². The van der Waals surface area contributed by atoms with Crippen LogP contribution in [-0.4, -0.2) is 84.6 Å². The van der Waals surface area contributed by atoms with Gasteiger partial charge >= 0.3 is 12.1 Å². The standard InChI is InChI=1S/C28H37N5O7/c1-16(2)29-28(37)32(5)13-25-17(3)12-33(18(4)14-34)26(35)21-10-19(6-8-22(21)40-25)30-27(36)31-20-7-9-23-24(11-20)39-15-38-23/h6-11,16-18,25,34H,12-15H2,1-5H3,(H,29,37)(H2,30,31,36)/t17-,18-,25-/m0/s1. The second-order valence-electron chi connectivity index (χ2n) is 10.5. The highest BCUT2D eigenvalue weighted by Crippen LogP contribution is 2.34. The van der Waals surface area contributed by atoms with E-state index < -0.39 is 18.2 Å². The predicted octanol–water partition coefficient (Wildman–Crippen LogP) is 3.33. The normalized spacial score (nSPS) is 18.7. The van der Waals surface area contributed by atoms with Gasteiger partial charge in [-0.05, 0) is 51.1 Å². The summed E-state index contributed by atoms with van der Waals surface area (Å²) >= 11 is 0. The van der Waals surface area contributed by atoms with Gasteiger partial charge in [-0.15, -0.1) is 0 Å². The number of likely N-dealkylation sites (N-methyl/N-ethyl adjacent to an activating group) is 1. The van der Waals surface area contributed by atoms with Gasteiger partial charge in [0.1, 0.15) is 11.9 Å². The quantitative estimate of drug-likeness (QED) is 0.411. The van der Waals surface area contributed by atoms with Crippen LogP contribution in [0.15, 0.2) is 36.4 Å². The molecule has 0 radical (unpaired) electrons. The van der Waals surface area contributed by atoms with Crippen molar-refractivity contribution < 1.29 is 33.7 Å². The highest BCUT2D eigenvalue weighted by Gasteiger charge is 2.34. The van der Waals surface area contributed by atoms with Crippen molar-refractivity contribution in [3.63, 3.8) is 0 Å². The molecule has 0 aromatic heterocycles. The molecule has 12 heteroatoms. The van der Waals surface area contributed by atoms with Crippen molar-refractivity contribution in [2.75, 3.05) is 44.2 Å². The number of amides is 5. The van der Waals surface area contributed by atoms with Crippen LogP contribution in [0.25, 0.3) is 0 Å². The first-order chi connectivity index (χ1) is 19.0. The molecule has 40 heavy (non-hydrogen) atoms. The fourth-order valence-electron chi connectivity index (χ4n) is 4.50. The molecule has 0 aliphatic carbocycles. The van der Waals surface area contributed by atoms with E-state index in [1.807, 2.05) is 20.8 Å². The van der Waals surface area contributed by atoms with Crippen LogP contribution in [0.5, 0.6) is 17.2 Å². The molecule has 2 aliphatic heterocycles. The highest BCUT2D eigenvalue weighted by molar-refractivity contribution is 6.02. The number of aliphatic hydroxyl groups is 1. The van der Waals surface area contributed by atoms with Crippen molar-refractivity contribution in [2.24, 2.45) is 5.92 Å². The monoisotopic (exact) mass is 555 g/mol. The summed E-state index contributed by atoms with van der Waals surface area (Å²) in [6.45, 7) is 8.00. The molecule has 2 aliphatic rings. The molecule has 0 saturated heterocycles. The van der Waals surface area contributed by atoms with Crippen LogP contribution in [0.1, 0.15) is 38.1 Å². The van der Waals surface area contributed by atoms with Gasteiger partial charge in [0.05, 0.1) is 24.8 Å². The first-order valence-corrected chi connectivity index (χ1v) is 13.3. The number of urea groups is 2. The van der Waals surface area contributed by atoms with Crippen molar-refractivity contribution in [1.29, 1.82) is 0 Å². The zero-order valence-corrected chi connectivity index (χ0v) is 23.4. The van der Waals surface area contributed by atoms with E-state index in [9.17, 15) is 19.5 Å². The van der Waals surface area contributed by atoms with Crippen LogP contribution in [0, 0.1) is 5.92 Å². The number of benzene rings is 2. The van der Waals surface area contributed by atoms with Crippen molar-refractivity contribution >= 4 is 29.3 Å². The molecular weight excluding hydrogens is 518 g/mol. The van der Waals surface area contributed by atoms with Crippen LogP contribution < -0.4 is 30.2 Å². The number of fused-ring (bicyclic) bond motifs is 2. The largest absolute Gasteiger partial charge is 0.487 e. The minimum atomic E-state index is -0.511. The average molecular weight is 556 g/mol. The molecule has 216 valence electrons. The predicted molar refractivity (Wildman–Crippen MR) is 149 cm³/mol. The minimum absolute atomic E-state index is 0.0157. The summed E-state index contributed by atoms with van der Waals surface area (Å²) in [6, 6.07) is 8.68. The van der Waals surface area contributed by atoms with Crippen LogP contribution in [0.3, 0.4) is 0 Å². The Bertz CT molecular complexity index is 1250. The van der Waals surface area contributed by atoms with Gasteiger partial charge in [0.15, 0.2) is 11.5 Å². The van der Waals surface area contributed by atoms with E-state index in [1.54, 1.807) is 60.2 Å². The third kappa shape index (κ3) is 6.68. The third-order valence-electron chi connectivity index (χ3n) is 6.77. The first kappa shape index (κ1) is 28.8. The van der Waals surface area contributed by atoms with Crippen molar-refractivity contribution in [2.45, 2.75) is 45.9 Å². The van der Waals surface area contributed by atoms with Gasteiger partial charge in [0.25, 0.3) is 5.91 Å². The van der Waals surface area contributed by atoms with Crippen molar-refractivity contribution in [1.82, 2.24) is 15.1 Å². The van der Waals surface area contributed by atoms with E-state index in [0.29, 0.717) is 35.2 Å². The van der Waals surface area contributed by atoms with Gasteiger partial charge in [-0.3, -0.25) is 4.79 Å². The molecule has 0 spiro atoms. The Morgan fingerprint density at radius 1 is 1.05 bits per heavy atom. The van der Waals surface area contributed by atoms with Gasteiger partial charge in [0, 0.05) is 43.0 Å². The zero-order chi connectivity index (χ0) is 29.0. The van der Waals surface area contributed by atoms with Crippen LogP contribution >= 0.6 is 0 Å². The number of nitrogens with one attached hydrogen (secondary N) is 3. The molecule has 0 bridgehead atoms. The van der Waals surface area contributed by atoms with Gasteiger partial charge in [-0.25, -0.2) is 9.59 Å². The smallest absolute Gasteiger partial charge is 0.323 e. The number of ether oxygens (including phenoxy) is 3. The summed E-state index contributed by atoms with van der Waals surface area (Å²) < 4.78 is 17.0. The Hall–Kier alpha value is -4.19. The SMILES string of the molecule is CC(C)NC(=O)N(C)C[C@@H]1Oc2ccc(NC(=O)Nc3ccc4c(c3)OCO4)cc2C(=O)N([C@@H](C)CO)C[C@@H]1C. The topological polar surface area (TPSA) is 142 Å². The number of carbonyl (C=O) groups excluding carboxylic acids is 3. The number of hydrogen-bond acceptors (Lipinski definition) is 7. The lowest BCUT2D eigenvalue weighted by atomic mass is 9.99. The maximum Gasteiger partial charge on any atom is 0.323 e. The Morgan fingerprint density at radius 2 is 1.70 bits per heavy atom. The number of aliphatic hydroxyl groups excluding tert-OH is 1. The minimum Gasteiger partial charge on any atom is -0.487 e. The van der Waals surface area contributed by atoms with Gasteiger partial charge < -0.3 is 45.1 Å². The zero-order valence-electron chi connectivity index (χ0n) is 23.4. The Balaban J connectivity index is 1.55. The number of anilines is 2. The molecule has 12 nitrogen and oxygen atoms in total. The third-order valence-corrected chi connectivity index (χ3v) is 6.77. The Morgan fingerprint density at radius 3 is 2.38 bits per heavy atom. The van der Waals surface area contributed by atoms with E-state index in [-0.39, 0.29) is 49.4 Å². The van der Waals surface area contributed by atoms with Crippen LogP contribution in [0.2, 0.25) is 0 Å². The maximum absolute atomic E-state index is 13.6. The van der Waals surface area contributed by atoms with Gasteiger partial charge in [0.2, 0.25) is 6.79 Å². The molecule has 0 fully saturated rings. The lowest BCUT2D eigenvalue weighted by Gasteiger charge is -2.38. The average Bonchev–Trinajstić information content (AvgIpc) is 3.38. The Kier molecular flexibility index (Phi) is 8.88. The highest BCUT2D eigenvalue weighted by atomic mass is 16.7. The molecule has 5 amide bonds.